The molecule has 0 aliphatic carbocycles. The molecule has 16 heavy (non-hydrogen) atoms. The maximum atomic E-state index is 11.7. The molecule has 0 aromatic heterocycles. The Kier molecular flexibility index (Phi) is 5.68. The molecule has 1 aliphatic heterocycles. The Morgan fingerprint density at radius 1 is 1.31 bits per heavy atom. The van der Waals surface area contributed by atoms with Crippen molar-refractivity contribution in [3.8, 4) is 0 Å². The Hall–Kier alpha value is -0.170. The standard InChI is InChI=1S/C10H22N2O3S/c1-3-10-16(13,14)11(2)4-5-12-6-8-15-9-7-12/h3-10H2,1-2H3. The quantitative estimate of drug-likeness (QED) is 0.665. The van der Waals surface area contributed by atoms with Gasteiger partial charge in [0.05, 0.1) is 19.0 Å². The largest absolute Gasteiger partial charge is 0.379 e. The lowest BCUT2D eigenvalue weighted by Crippen LogP contribution is -2.42. The molecule has 1 aliphatic rings. The van der Waals surface area contributed by atoms with Crippen LogP contribution in [0.3, 0.4) is 0 Å². The average molecular weight is 250 g/mol. The van der Waals surface area contributed by atoms with Crippen LogP contribution >= 0.6 is 0 Å². The van der Waals surface area contributed by atoms with Crippen LogP contribution < -0.4 is 0 Å². The van der Waals surface area contributed by atoms with E-state index in [0.29, 0.717) is 13.0 Å². The molecular formula is C10H22N2O3S. The monoisotopic (exact) mass is 250 g/mol. The Balaban J connectivity index is 2.30. The highest BCUT2D eigenvalue weighted by atomic mass is 32.2. The second-order valence-electron chi connectivity index (χ2n) is 4.09. The molecule has 1 fully saturated rings. The first-order valence-electron chi connectivity index (χ1n) is 5.80. The molecule has 0 N–H and O–H groups in total. The van der Waals surface area contributed by atoms with Crippen molar-refractivity contribution in [2.75, 3.05) is 52.2 Å². The second-order valence-corrected chi connectivity index (χ2v) is 6.29. The minimum Gasteiger partial charge on any atom is -0.379 e. The van der Waals surface area contributed by atoms with Crippen molar-refractivity contribution in [3.05, 3.63) is 0 Å². The van der Waals surface area contributed by atoms with Crippen LogP contribution in [0.4, 0.5) is 0 Å². The number of rotatable bonds is 6. The maximum absolute atomic E-state index is 11.7. The van der Waals surface area contributed by atoms with Crippen molar-refractivity contribution in [1.29, 1.82) is 0 Å². The van der Waals surface area contributed by atoms with Crippen LogP contribution in [0.15, 0.2) is 0 Å². The fourth-order valence-electron chi connectivity index (χ4n) is 1.66. The number of ether oxygens (including phenoxy) is 1. The van der Waals surface area contributed by atoms with E-state index in [4.69, 9.17) is 4.74 Å². The van der Waals surface area contributed by atoms with Gasteiger partial charge >= 0.3 is 0 Å². The molecule has 1 saturated heterocycles. The van der Waals surface area contributed by atoms with Crippen molar-refractivity contribution in [1.82, 2.24) is 9.21 Å². The number of sulfonamides is 1. The first-order chi connectivity index (χ1) is 7.56. The number of hydrogen-bond donors (Lipinski definition) is 0. The summed E-state index contributed by atoms with van der Waals surface area (Å²) >= 11 is 0. The van der Waals surface area contributed by atoms with E-state index >= 15 is 0 Å². The zero-order chi connectivity index (χ0) is 12.0. The summed E-state index contributed by atoms with van der Waals surface area (Å²) in [6.45, 7) is 6.57. The van der Waals surface area contributed by atoms with Crippen molar-refractivity contribution >= 4 is 10.0 Å². The Morgan fingerprint density at radius 2 is 1.94 bits per heavy atom. The van der Waals surface area contributed by atoms with Gasteiger partial charge in [-0.3, -0.25) is 4.90 Å². The van der Waals surface area contributed by atoms with Gasteiger partial charge in [0.15, 0.2) is 0 Å². The van der Waals surface area contributed by atoms with E-state index in [1.54, 1.807) is 7.05 Å². The maximum Gasteiger partial charge on any atom is 0.213 e. The lowest BCUT2D eigenvalue weighted by molar-refractivity contribution is 0.0368. The molecule has 0 spiro atoms. The summed E-state index contributed by atoms with van der Waals surface area (Å²) < 4.78 is 30.1. The van der Waals surface area contributed by atoms with Crippen LogP contribution in [0.1, 0.15) is 13.3 Å². The Labute approximate surface area is 98.4 Å². The van der Waals surface area contributed by atoms with Gasteiger partial charge in [0.1, 0.15) is 0 Å². The molecular weight excluding hydrogens is 228 g/mol. The van der Waals surface area contributed by atoms with Gasteiger partial charge in [0, 0.05) is 33.2 Å². The van der Waals surface area contributed by atoms with E-state index in [9.17, 15) is 8.42 Å². The normalized spacial score (nSPS) is 19.2. The van der Waals surface area contributed by atoms with E-state index in [2.05, 4.69) is 4.90 Å². The van der Waals surface area contributed by atoms with Crippen LogP contribution in [0.2, 0.25) is 0 Å². The van der Waals surface area contributed by atoms with Crippen LogP contribution in [0.25, 0.3) is 0 Å². The fourth-order valence-corrected chi connectivity index (χ4v) is 2.85. The molecule has 6 heteroatoms. The first kappa shape index (κ1) is 13.9. The second kappa shape index (κ2) is 6.54. The average Bonchev–Trinajstić information content (AvgIpc) is 2.27. The van der Waals surface area contributed by atoms with Gasteiger partial charge in [-0.25, -0.2) is 12.7 Å². The molecule has 1 heterocycles. The molecule has 0 saturated carbocycles. The zero-order valence-corrected chi connectivity index (χ0v) is 11.0. The summed E-state index contributed by atoms with van der Waals surface area (Å²) in [6.07, 6.45) is 0.671. The summed E-state index contributed by atoms with van der Waals surface area (Å²) in [5, 5.41) is 0. The molecule has 0 unspecified atom stereocenters. The molecule has 0 aromatic carbocycles. The van der Waals surface area contributed by atoms with E-state index in [1.807, 2.05) is 6.92 Å². The Bertz CT molecular complexity index is 286. The van der Waals surface area contributed by atoms with E-state index in [-0.39, 0.29) is 5.75 Å². The summed E-state index contributed by atoms with van der Waals surface area (Å²) in [6, 6.07) is 0. The number of morpholine rings is 1. The first-order valence-corrected chi connectivity index (χ1v) is 7.41. The van der Waals surface area contributed by atoms with Gasteiger partial charge in [-0.1, -0.05) is 6.92 Å². The molecule has 5 nitrogen and oxygen atoms in total. The van der Waals surface area contributed by atoms with Crippen molar-refractivity contribution < 1.29 is 13.2 Å². The molecule has 0 radical (unpaired) electrons. The van der Waals surface area contributed by atoms with Crippen LogP contribution in [0, 0.1) is 0 Å². The molecule has 0 aromatic rings. The molecule has 1 rings (SSSR count). The highest BCUT2D eigenvalue weighted by Crippen LogP contribution is 2.02. The predicted molar refractivity (Wildman–Crippen MR) is 64.0 cm³/mol. The third-order valence-electron chi connectivity index (χ3n) is 2.77. The summed E-state index contributed by atoms with van der Waals surface area (Å²) in [7, 11) is -1.38. The highest BCUT2D eigenvalue weighted by Gasteiger charge is 2.18. The van der Waals surface area contributed by atoms with Crippen LogP contribution in [-0.4, -0.2) is 69.8 Å². The van der Waals surface area contributed by atoms with Crippen LogP contribution in [0.5, 0.6) is 0 Å². The lowest BCUT2D eigenvalue weighted by atomic mass is 10.4. The van der Waals surface area contributed by atoms with Gasteiger partial charge < -0.3 is 4.74 Å². The van der Waals surface area contributed by atoms with E-state index in [1.165, 1.54) is 4.31 Å². The van der Waals surface area contributed by atoms with Crippen molar-refractivity contribution in [3.63, 3.8) is 0 Å². The number of likely N-dealkylation sites (N-methyl/N-ethyl adjacent to an activating group) is 1. The van der Waals surface area contributed by atoms with Gasteiger partial charge in [-0.15, -0.1) is 0 Å². The molecule has 0 amide bonds. The molecule has 0 atom stereocenters. The molecule has 0 bridgehead atoms. The zero-order valence-electron chi connectivity index (χ0n) is 10.2. The van der Waals surface area contributed by atoms with E-state index in [0.717, 1.165) is 32.8 Å². The number of hydrogen-bond acceptors (Lipinski definition) is 4. The lowest BCUT2D eigenvalue weighted by Gasteiger charge is -2.28. The SMILES string of the molecule is CCCS(=O)(=O)N(C)CCN1CCOCC1. The third kappa shape index (κ3) is 4.37. The third-order valence-corrected chi connectivity index (χ3v) is 4.83. The minimum atomic E-state index is -3.04. The minimum absolute atomic E-state index is 0.243. The Morgan fingerprint density at radius 3 is 2.50 bits per heavy atom. The molecule has 96 valence electrons. The van der Waals surface area contributed by atoms with Gasteiger partial charge in [-0.05, 0) is 6.42 Å². The smallest absolute Gasteiger partial charge is 0.213 e. The predicted octanol–water partition coefficient (Wildman–Crippen LogP) is -0.00980. The summed E-state index contributed by atoms with van der Waals surface area (Å²) in [5.41, 5.74) is 0. The highest BCUT2D eigenvalue weighted by molar-refractivity contribution is 7.89. The van der Waals surface area contributed by atoms with Crippen molar-refractivity contribution in [2.24, 2.45) is 0 Å². The van der Waals surface area contributed by atoms with Gasteiger partial charge in [0.25, 0.3) is 0 Å². The summed E-state index contributed by atoms with van der Waals surface area (Å²) in [4.78, 5) is 2.24. The van der Waals surface area contributed by atoms with Crippen LogP contribution in [-0.2, 0) is 14.8 Å². The topological polar surface area (TPSA) is 49.9 Å². The number of nitrogens with zero attached hydrogens (tertiary/aromatic N) is 2. The van der Waals surface area contributed by atoms with Gasteiger partial charge in [0.2, 0.25) is 10.0 Å². The van der Waals surface area contributed by atoms with Crippen molar-refractivity contribution in [2.45, 2.75) is 13.3 Å². The van der Waals surface area contributed by atoms with Gasteiger partial charge in [-0.2, -0.15) is 0 Å². The van der Waals surface area contributed by atoms with E-state index < -0.39 is 10.0 Å². The summed E-state index contributed by atoms with van der Waals surface area (Å²) in [5.74, 6) is 0.243. The fraction of sp³-hybridized carbons (Fsp3) is 1.00.